The Bertz CT molecular complexity index is 1610. The number of hydrogen-bond donors (Lipinski definition) is 3. The van der Waals surface area contributed by atoms with Crippen molar-refractivity contribution >= 4 is 52.5 Å². The van der Waals surface area contributed by atoms with E-state index in [9.17, 15) is 23.6 Å². The van der Waals surface area contributed by atoms with E-state index in [1.807, 2.05) is 59.5 Å². The van der Waals surface area contributed by atoms with E-state index in [0.29, 0.717) is 6.54 Å². The molecule has 4 N–H and O–H groups in total. The number of amides is 4. The number of nitrogens with zero attached hydrogens (tertiary/aromatic N) is 2. The van der Waals surface area contributed by atoms with Crippen LogP contribution in [0.2, 0.25) is 10.0 Å². The van der Waals surface area contributed by atoms with Gasteiger partial charge in [-0.1, -0.05) is 77.8 Å². The van der Waals surface area contributed by atoms with Crippen LogP contribution < -0.4 is 16.4 Å². The monoisotopic (exact) mass is 667 g/mol. The number of carbonyl (C=O) groups is 4. The molecule has 46 heavy (non-hydrogen) atoms. The highest BCUT2D eigenvalue weighted by Crippen LogP contribution is 2.33. The Hall–Kier alpha value is -3.99. The first-order chi connectivity index (χ1) is 22.2. The molecule has 1 fully saturated rings. The van der Waals surface area contributed by atoms with Gasteiger partial charge in [-0.3, -0.25) is 19.2 Å². The minimum absolute atomic E-state index is 0.00976. The van der Waals surface area contributed by atoms with Gasteiger partial charge in [-0.15, -0.1) is 0 Å². The Labute approximate surface area is 277 Å². The second-order valence-electron chi connectivity index (χ2n) is 11.5. The number of carbonyl (C=O) groups excluding carboxylic acids is 4. The minimum atomic E-state index is -1.12. The molecular weight excluding hydrogens is 632 g/mol. The summed E-state index contributed by atoms with van der Waals surface area (Å²) in [6.45, 7) is 0.867. The molecule has 9 nitrogen and oxygen atoms in total. The quantitative estimate of drug-likeness (QED) is 0.263. The highest BCUT2D eigenvalue weighted by Gasteiger charge is 2.37. The number of fused-ring (bicyclic) bond motifs is 1. The molecule has 0 unspecified atom stereocenters. The Morgan fingerprint density at radius 2 is 1.59 bits per heavy atom. The lowest BCUT2D eigenvalue weighted by atomic mass is 9.92. The number of nitrogens with one attached hydrogen (secondary N) is 2. The maximum absolute atomic E-state index is 14.6. The minimum Gasteiger partial charge on any atom is -0.342 e. The Kier molecular flexibility index (Phi) is 10.9. The van der Waals surface area contributed by atoms with Crippen LogP contribution in [0.4, 0.5) is 10.1 Å². The summed E-state index contributed by atoms with van der Waals surface area (Å²) in [4.78, 5) is 57.2. The van der Waals surface area contributed by atoms with Crippen molar-refractivity contribution in [1.82, 2.24) is 15.1 Å². The largest absolute Gasteiger partial charge is 0.342 e. The fourth-order valence-corrected chi connectivity index (χ4v) is 6.46. The van der Waals surface area contributed by atoms with Crippen molar-refractivity contribution in [2.75, 3.05) is 18.4 Å². The molecule has 0 spiro atoms. The Morgan fingerprint density at radius 1 is 0.913 bits per heavy atom. The molecule has 3 aromatic rings. The van der Waals surface area contributed by atoms with Gasteiger partial charge in [0.05, 0.1) is 21.8 Å². The number of hydrogen-bond acceptors (Lipinski definition) is 5. The Morgan fingerprint density at radius 3 is 2.30 bits per heavy atom. The van der Waals surface area contributed by atoms with Gasteiger partial charge in [-0.2, -0.15) is 0 Å². The van der Waals surface area contributed by atoms with Crippen LogP contribution in [-0.2, 0) is 32.1 Å². The predicted octanol–water partition coefficient (Wildman–Crippen LogP) is 5.00. The van der Waals surface area contributed by atoms with Crippen LogP contribution in [0.1, 0.15) is 54.8 Å². The fourth-order valence-electron chi connectivity index (χ4n) is 6.15. The maximum Gasteiger partial charge on any atom is 0.247 e. The summed E-state index contributed by atoms with van der Waals surface area (Å²) in [6, 6.07) is 17.9. The zero-order valence-corrected chi connectivity index (χ0v) is 26.7. The van der Waals surface area contributed by atoms with Crippen LogP contribution in [0.25, 0.3) is 0 Å². The molecule has 0 saturated carbocycles. The number of rotatable bonds is 10. The van der Waals surface area contributed by atoms with Gasteiger partial charge in [0.15, 0.2) is 5.82 Å². The zero-order chi connectivity index (χ0) is 32.8. The van der Waals surface area contributed by atoms with Gasteiger partial charge in [0.2, 0.25) is 23.6 Å². The van der Waals surface area contributed by atoms with E-state index in [1.165, 1.54) is 17.0 Å². The summed E-state index contributed by atoms with van der Waals surface area (Å²) >= 11 is 11.7. The summed E-state index contributed by atoms with van der Waals surface area (Å²) in [6.07, 6.45) is 1.99. The van der Waals surface area contributed by atoms with Gasteiger partial charge in [0.25, 0.3) is 0 Å². The van der Waals surface area contributed by atoms with E-state index in [-0.39, 0.29) is 72.4 Å². The lowest BCUT2D eigenvalue weighted by Crippen LogP contribution is -2.56. The molecule has 3 aromatic carbocycles. The normalized spacial score (nSPS) is 18.1. The highest BCUT2D eigenvalue weighted by atomic mass is 35.5. The lowest BCUT2D eigenvalue weighted by molar-refractivity contribution is -0.144. The lowest BCUT2D eigenvalue weighted by Gasteiger charge is -2.37. The van der Waals surface area contributed by atoms with E-state index >= 15 is 0 Å². The van der Waals surface area contributed by atoms with Crippen molar-refractivity contribution in [2.45, 2.75) is 63.2 Å². The van der Waals surface area contributed by atoms with Crippen molar-refractivity contribution in [3.05, 3.63) is 99.3 Å². The smallest absolute Gasteiger partial charge is 0.247 e. The van der Waals surface area contributed by atoms with E-state index in [0.717, 1.165) is 29.5 Å². The third-order valence-electron chi connectivity index (χ3n) is 8.56. The molecule has 4 amide bonds. The zero-order valence-electron chi connectivity index (χ0n) is 25.2. The van der Waals surface area contributed by atoms with Gasteiger partial charge in [-0.25, -0.2) is 4.39 Å². The molecule has 3 atom stereocenters. The molecule has 242 valence electrons. The SMILES string of the molecule is NCC[C@H](NC(=O)[C@@H]1Cc2ccccc2CN1C(=O)CCC(=O)N1CCC[C@H]1c1ccccc1)C(=O)Nc1ccc(Cl)c(Cl)c1F. The summed E-state index contributed by atoms with van der Waals surface area (Å²) in [7, 11) is 0. The molecule has 0 radical (unpaired) electrons. The van der Waals surface area contributed by atoms with Crippen LogP contribution >= 0.6 is 23.2 Å². The fraction of sp³-hybridized carbons (Fsp3) is 0.353. The van der Waals surface area contributed by atoms with Crippen molar-refractivity contribution < 1.29 is 23.6 Å². The number of nitrogens with two attached hydrogens (primary N) is 1. The number of likely N-dealkylation sites (tertiary alicyclic amines) is 1. The van der Waals surface area contributed by atoms with Crippen LogP contribution in [0, 0.1) is 5.82 Å². The predicted molar refractivity (Wildman–Crippen MR) is 174 cm³/mol. The number of benzene rings is 3. The summed E-state index contributed by atoms with van der Waals surface area (Å²) < 4.78 is 14.6. The second-order valence-corrected chi connectivity index (χ2v) is 12.3. The first kappa shape index (κ1) is 33.4. The van der Waals surface area contributed by atoms with Crippen LogP contribution in [0.5, 0.6) is 0 Å². The molecule has 0 aliphatic carbocycles. The van der Waals surface area contributed by atoms with Crippen LogP contribution in [-0.4, -0.2) is 58.6 Å². The molecule has 5 rings (SSSR count). The van der Waals surface area contributed by atoms with Gasteiger partial charge >= 0.3 is 0 Å². The van der Waals surface area contributed by atoms with Gasteiger partial charge in [0.1, 0.15) is 12.1 Å². The van der Waals surface area contributed by atoms with E-state index < -0.39 is 29.7 Å². The van der Waals surface area contributed by atoms with Gasteiger partial charge < -0.3 is 26.2 Å². The van der Waals surface area contributed by atoms with Crippen molar-refractivity contribution in [1.29, 1.82) is 0 Å². The molecular formula is C34H36Cl2FN5O4. The summed E-state index contributed by atoms with van der Waals surface area (Å²) in [5.41, 5.74) is 8.43. The highest BCUT2D eigenvalue weighted by molar-refractivity contribution is 6.42. The molecule has 12 heteroatoms. The Balaban J connectivity index is 1.28. The first-order valence-corrected chi connectivity index (χ1v) is 16.1. The van der Waals surface area contributed by atoms with E-state index in [1.54, 1.807) is 0 Å². The summed E-state index contributed by atoms with van der Waals surface area (Å²) in [5.74, 6) is -2.60. The third-order valence-corrected chi connectivity index (χ3v) is 9.34. The average Bonchev–Trinajstić information content (AvgIpc) is 3.57. The molecule has 2 aliphatic rings. The van der Waals surface area contributed by atoms with Crippen LogP contribution in [0.3, 0.4) is 0 Å². The maximum atomic E-state index is 14.6. The molecule has 0 aromatic heterocycles. The second kappa shape index (κ2) is 15.1. The number of anilines is 1. The van der Waals surface area contributed by atoms with Crippen molar-refractivity contribution in [3.63, 3.8) is 0 Å². The topological polar surface area (TPSA) is 125 Å². The number of halogens is 3. The van der Waals surface area contributed by atoms with Gasteiger partial charge in [0, 0.05) is 32.4 Å². The van der Waals surface area contributed by atoms with Gasteiger partial charge in [-0.05, 0) is 54.6 Å². The van der Waals surface area contributed by atoms with Crippen molar-refractivity contribution in [3.8, 4) is 0 Å². The van der Waals surface area contributed by atoms with Crippen molar-refractivity contribution in [2.24, 2.45) is 5.73 Å². The summed E-state index contributed by atoms with van der Waals surface area (Å²) in [5, 5.41) is 4.82. The molecule has 2 aliphatic heterocycles. The molecule has 1 saturated heterocycles. The van der Waals surface area contributed by atoms with E-state index in [2.05, 4.69) is 10.6 Å². The van der Waals surface area contributed by atoms with E-state index in [4.69, 9.17) is 28.9 Å². The van der Waals surface area contributed by atoms with Crippen LogP contribution in [0.15, 0.2) is 66.7 Å². The molecule has 2 heterocycles. The molecule has 0 bridgehead atoms. The average molecular weight is 669 g/mol. The standard InChI is InChI=1S/C34H36Cl2FN5O4/c35-24-12-13-25(32(37)31(24)36)39-33(45)26(16-17-38)40-34(46)28-19-22-9-4-5-10-23(22)20-42(28)30(44)15-14-29(43)41-18-6-11-27(41)21-7-2-1-3-8-21/h1-5,7-10,12-13,26-28H,6,11,14-20,38H2,(H,39,45)(H,40,46)/t26-,27-,28-/m0/s1. The first-order valence-electron chi connectivity index (χ1n) is 15.3. The third kappa shape index (κ3) is 7.52.